The van der Waals surface area contributed by atoms with Crippen molar-refractivity contribution in [3.63, 3.8) is 0 Å². The molecule has 0 radical (unpaired) electrons. The van der Waals surface area contributed by atoms with E-state index in [1.807, 2.05) is 12.1 Å². The first-order chi connectivity index (χ1) is 13.2. The van der Waals surface area contributed by atoms with Crippen LogP contribution in [0, 0.1) is 0 Å². The quantitative estimate of drug-likeness (QED) is 0.643. The number of ether oxygens (including phenoxy) is 2. The van der Waals surface area contributed by atoms with Crippen molar-refractivity contribution in [2.24, 2.45) is 7.05 Å². The van der Waals surface area contributed by atoms with E-state index >= 15 is 0 Å². The number of unbranched alkanes of at least 4 members (excludes halogenated alkanes) is 1. The molecule has 2 aromatic rings. The lowest BCUT2D eigenvalue weighted by Crippen LogP contribution is -2.46. The van der Waals surface area contributed by atoms with E-state index in [0.29, 0.717) is 12.5 Å². The topological polar surface area (TPSA) is 72.7 Å². The first-order valence-electron chi connectivity index (χ1n) is 9.31. The van der Waals surface area contributed by atoms with Crippen molar-refractivity contribution < 1.29 is 9.47 Å². The summed E-state index contributed by atoms with van der Waals surface area (Å²) in [4.78, 5) is 20.1. The summed E-state index contributed by atoms with van der Waals surface area (Å²) < 4.78 is 12.2. The number of nitrogens with zero attached hydrogens (tertiary/aromatic N) is 5. The second-order valence-electron chi connectivity index (χ2n) is 6.56. The van der Waals surface area contributed by atoms with Gasteiger partial charge < -0.3 is 14.4 Å². The second kappa shape index (κ2) is 9.36. The van der Waals surface area contributed by atoms with E-state index in [9.17, 15) is 4.79 Å². The Bertz CT molecular complexity index is 787. The number of methoxy groups -OCH3 is 1. The molecule has 1 aromatic heterocycles. The summed E-state index contributed by atoms with van der Waals surface area (Å²) in [5, 5.41) is 3.89. The number of benzene rings is 1. The van der Waals surface area contributed by atoms with Crippen LogP contribution in [0.1, 0.15) is 12.8 Å². The van der Waals surface area contributed by atoms with Gasteiger partial charge in [0, 0.05) is 33.2 Å². The van der Waals surface area contributed by atoms with Gasteiger partial charge in [-0.05, 0) is 31.5 Å². The van der Waals surface area contributed by atoms with E-state index in [0.717, 1.165) is 51.3 Å². The summed E-state index contributed by atoms with van der Waals surface area (Å²) in [6.07, 6.45) is 3.44. The van der Waals surface area contributed by atoms with Gasteiger partial charge in [-0.1, -0.05) is 12.1 Å². The Balaban J connectivity index is 1.35. The lowest BCUT2D eigenvalue weighted by Gasteiger charge is -2.36. The van der Waals surface area contributed by atoms with Gasteiger partial charge in [0.05, 0.1) is 19.4 Å². The van der Waals surface area contributed by atoms with Crippen molar-refractivity contribution in [2.45, 2.75) is 12.8 Å². The van der Waals surface area contributed by atoms with Crippen LogP contribution in [0.4, 0.5) is 5.69 Å². The third-order valence-electron chi connectivity index (χ3n) is 4.74. The van der Waals surface area contributed by atoms with Crippen LogP contribution in [-0.2, 0) is 7.05 Å². The predicted molar refractivity (Wildman–Crippen MR) is 104 cm³/mol. The van der Waals surface area contributed by atoms with E-state index in [1.54, 1.807) is 14.2 Å². The van der Waals surface area contributed by atoms with E-state index in [1.165, 1.54) is 16.6 Å². The molecule has 8 heteroatoms. The van der Waals surface area contributed by atoms with Crippen molar-refractivity contribution in [1.29, 1.82) is 0 Å². The van der Waals surface area contributed by atoms with Crippen molar-refractivity contribution in [1.82, 2.24) is 19.7 Å². The first-order valence-corrected chi connectivity index (χ1v) is 9.31. The Kier molecular flexibility index (Phi) is 6.64. The number of anilines is 1. The molecule has 1 aliphatic rings. The molecule has 146 valence electrons. The molecule has 0 bridgehead atoms. The minimum absolute atomic E-state index is 0.295. The van der Waals surface area contributed by atoms with Gasteiger partial charge in [-0.2, -0.15) is 10.1 Å². The number of hydrogen-bond donors (Lipinski definition) is 0. The van der Waals surface area contributed by atoms with Crippen molar-refractivity contribution in [3.05, 3.63) is 40.9 Å². The number of para-hydroxylation sites is 2. The van der Waals surface area contributed by atoms with Gasteiger partial charge in [-0.25, -0.2) is 9.48 Å². The minimum Gasteiger partial charge on any atom is -0.495 e. The number of rotatable bonds is 8. The smallest absolute Gasteiger partial charge is 0.366 e. The highest BCUT2D eigenvalue weighted by atomic mass is 16.5. The molecule has 0 atom stereocenters. The number of piperazine rings is 1. The lowest BCUT2D eigenvalue weighted by molar-refractivity contribution is 0.235. The average molecular weight is 373 g/mol. The van der Waals surface area contributed by atoms with Gasteiger partial charge in [0.25, 0.3) is 0 Å². The maximum Gasteiger partial charge on any atom is 0.366 e. The van der Waals surface area contributed by atoms with Gasteiger partial charge in [-0.15, -0.1) is 0 Å². The van der Waals surface area contributed by atoms with Crippen LogP contribution < -0.4 is 20.1 Å². The van der Waals surface area contributed by atoms with Crippen LogP contribution >= 0.6 is 0 Å². The number of aromatic nitrogens is 3. The molecular weight excluding hydrogens is 346 g/mol. The molecule has 1 aromatic carbocycles. The molecule has 3 rings (SSSR count). The fraction of sp³-hybridized carbons (Fsp3) is 0.526. The van der Waals surface area contributed by atoms with Gasteiger partial charge in [0.1, 0.15) is 11.9 Å². The Morgan fingerprint density at radius 2 is 1.89 bits per heavy atom. The molecule has 0 unspecified atom stereocenters. The van der Waals surface area contributed by atoms with E-state index < -0.39 is 5.69 Å². The van der Waals surface area contributed by atoms with Gasteiger partial charge in [0.2, 0.25) is 5.88 Å². The maximum atomic E-state index is 11.4. The molecule has 27 heavy (non-hydrogen) atoms. The van der Waals surface area contributed by atoms with E-state index in [4.69, 9.17) is 9.47 Å². The fourth-order valence-corrected chi connectivity index (χ4v) is 3.17. The molecule has 0 saturated carbocycles. The zero-order valence-electron chi connectivity index (χ0n) is 16.0. The summed E-state index contributed by atoms with van der Waals surface area (Å²) in [6, 6.07) is 8.18. The third kappa shape index (κ3) is 5.19. The van der Waals surface area contributed by atoms with Crippen molar-refractivity contribution in [2.75, 3.05) is 51.3 Å². The van der Waals surface area contributed by atoms with Crippen LogP contribution in [-0.4, -0.2) is 66.1 Å². The van der Waals surface area contributed by atoms with Crippen LogP contribution in [0.3, 0.4) is 0 Å². The summed E-state index contributed by atoms with van der Waals surface area (Å²) in [5.41, 5.74) is 0.767. The molecule has 1 fully saturated rings. The Labute approximate surface area is 159 Å². The summed E-state index contributed by atoms with van der Waals surface area (Å²) in [5.74, 6) is 1.23. The molecular formula is C19H27N5O3. The Hall–Kier alpha value is -2.61. The highest BCUT2D eigenvalue weighted by molar-refractivity contribution is 5.58. The van der Waals surface area contributed by atoms with Crippen LogP contribution in [0.15, 0.2) is 35.3 Å². The molecule has 0 N–H and O–H groups in total. The zero-order valence-corrected chi connectivity index (χ0v) is 16.0. The molecule has 0 aliphatic carbocycles. The van der Waals surface area contributed by atoms with E-state index in [-0.39, 0.29) is 0 Å². The number of hydrogen-bond acceptors (Lipinski definition) is 7. The molecule has 1 saturated heterocycles. The van der Waals surface area contributed by atoms with Gasteiger partial charge in [-0.3, -0.25) is 4.90 Å². The van der Waals surface area contributed by atoms with Crippen molar-refractivity contribution in [3.8, 4) is 11.6 Å². The summed E-state index contributed by atoms with van der Waals surface area (Å²) >= 11 is 0. The Morgan fingerprint density at radius 1 is 1.11 bits per heavy atom. The largest absolute Gasteiger partial charge is 0.495 e. The van der Waals surface area contributed by atoms with Gasteiger partial charge >= 0.3 is 5.69 Å². The fourth-order valence-electron chi connectivity index (χ4n) is 3.17. The Morgan fingerprint density at radius 3 is 2.63 bits per heavy atom. The SMILES string of the molecule is COc1ccccc1N1CCN(CCCCOc2cnn(C)c(=O)n2)CC1. The predicted octanol–water partition coefficient (Wildman–Crippen LogP) is 1.17. The van der Waals surface area contributed by atoms with Crippen molar-refractivity contribution >= 4 is 5.69 Å². The lowest BCUT2D eigenvalue weighted by atomic mass is 10.2. The molecule has 8 nitrogen and oxygen atoms in total. The average Bonchev–Trinajstić information content (AvgIpc) is 2.71. The maximum absolute atomic E-state index is 11.4. The molecule has 0 spiro atoms. The first kappa shape index (κ1) is 19.2. The standard InChI is InChI=1S/C19H27N5O3/c1-22-19(25)21-18(15-20-22)27-14-6-5-9-23-10-12-24(13-11-23)16-7-3-4-8-17(16)26-2/h3-4,7-8,15H,5-6,9-14H2,1-2H3. The summed E-state index contributed by atoms with van der Waals surface area (Å²) in [6.45, 7) is 5.67. The van der Waals surface area contributed by atoms with Crippen LogP contribution in [0.25, 0.3) is 0 Å². The summed E-state index contributed by atoms with van der Waals surface area (Å²) in [7, 11) is 3.28. The molecule has 0 amide bonds. The van der Waals surface area contributed by atoms with Gasteiger partial charge in [0.15, 0.2) is 0 Å². The van der Waals surface area contributed by atoms with Crippen LogP contribution in [0.5, 0.6) is 11.6 Å². The number of aryl methyl sites for hydroxylation is 1. The monoisotopic (exact) mass is 373 g/mol. The zero-order chi connectivity index (χ0) is 19.1. The highest BCUT2D eigenvalue weighted by Gasteiger charge is 2.19. The second-order valence-corrected chi connectivity index (χ2v) is 6.56. The minimum atomic E-state index is -0.402. The van der Waals surface area contributed by atoms with E-state index in [2.05, 4.69) is 32.0 Å². The third-order valence-corrected chi connectivity index (χ3v) is 4.74. The van der Waals surface area contributed by atoms with Crippen LogP contribution in [0.2, 0.25) is 0 Å². The highest BCUT2D eigenvalue weighted by Crippen LogP contribution is 2.28. The molecule has 1 aliphatic heterocycles. The molecule has 2 heterocycles. The normalized spacial score (nSPS) is 15.0.